The molecule has 1 aromatic rings. The first-order valence-corrected chi connectivity index (χ1v) is 8.46. The largest absolute Gasteiger partial charge is 0.377 e. The lowest BCUT2D eigenvalue weighted by molar-refractivity contribution is -0.0215. The molecule has 2 atom stereocenters. The molecule has 3 heterocycles. The molecule has 5 nitrogen and oxygen atoms in total. The minimum absolute atomic E-state index is 0.443. The second kappa shape index (κ2) is 6.88. The molecular weight excluding hydrogens is 264 g/mol. The molecule has 0 aromatic carbocycles. The average molecular weight is 292 g/mol. The molecule has 0 radical (unpaired) electrons. The standard InChI is InChI=1S/C16H28N4O/c1-13-17-14(2)20(18-13)11-15-7-3-5-9-19(15)12-16-8-4-6-10-21-16/h15-16H,3-12H2,1-2H3/t15-,16-/m1/s1. The number of hydrogen-bond donors (Lipinski definition) is 0. The smallest absolute Gasteiger partial charge is 0.147 e. The molecule has 0 unspecified atom stereocenters. The summed E-state index contributed by atoms with van der Waals surface area (Å²) in [5.41, 5.74) is 0. The molecule has 2 aliphatic heterocycles. The van der Waals surface area contributed by atoms with Crippen LogP contribution in [0.1, 0.15) is 50.2 Å². The van der Waals surface area contributed by atoms with Gasteiger partial charge >= 0.3 is 0 Å². The van der Waals surface area contributed by atoms with Crippen LogP contribution in [0, 0.1) is 13.8 Å². The molecule has 0 N–H and O–H groups in total. The van der Waals surface area contributed by atoms with Crippen molar-refractivity contribution in [3.05, 3.63) is 11.6 Å². The van der Waals surface area contributed by atoms with Crippen molar-refractivity contribution in [2.24, 2.45) is 0 Å². The lowest BCUT2D eigenvalue weighted by Gasteiger charge is -2.38. The minimum Gasteiger partial charge on any atom is -0.377 e. The highest BCUT2D eigenvalue weighted by Gasteiger charge is 2.27. The van der Waals surface area contributed by atoms with Crippen molar-refractivity contribution in [1.82, 2.24) is 19.7 Å². The predicted octanol–water partition coefficient (Wildman–Crippen LogP) is 2.32. The number of ether oxygens (including phenoxy) is 1. The van der Waals surface area contributed by atoms with E-state index < -0.39 is 0 Å². The molecule has 0 bridgehead atoms. The molecule has 3 rings (SSSR count). The van der Waals surface area contributed by atoms with E-state index in [1.165, 1.54) is 45.1 Å². The Bertz CT molecular complexity index is 453. The summed E-state index contributed by atoms with van der Waals surface area (Å²) in [6.07, 6.45) is 8.15. The van der Waals surface area contributed by atoms with Gasteiger partial charge in [0.05, 0.1) is 12.6 Å². The third-order valence-corrected chi connectivity index (χ3v) is 4.81. The Morgan fingerprint density at radius 3 is 2.67 bits per heavy atom. The third-order valence-electron chi connectivity index (χ3n) is 4.81. The van der Waals surface area contributed by atoms with Gasteiger partial charge in [0, 0.05) is 19.2 Å². The Balaban J connectivity index is 1.62. The number of aromatic nitrogens is 3. The van der Waals surface area contributed by atoms with E-state index in [0.717, 1.165) is 31.3 Å². The van der Waals surface area contributed by atoms with E-state index in [1.807, 2.05) is 6.92 Å². The van der Waals surface area contributed by atoms with Gasteiger partial charge in [0.15, 0.2) is 0 Å². The van der Waals surface area contributed by atoms with E-state index in [0.29, 0.717) is 12.1 Å². The summed E-state index contributed by atoms with van der Waals surface area (Å²) >= 11 is 0. The van der Waals surface area contributed by atoms with E-state index >= 15 is 0 Å². The quantitative estimate of drug-likeness (QED) is 0.854. The molecule has 2 aliphatic rings. The van der Waals surface area contributed by atoms with Crippen LogP contribution in [0.2, 0.25) is 0 Å². The Morgan fingerprint density at radius 2 is 1.95 bits per heavy atom. The van der Waals surface area contributed by atoms with Gasteiger partial charge in [0.2, 0.25) is 0 Å². The first-order valence-electron chi connectivity index (χ1n) is 8.46. The van der Waals surface area contributed by atoms with E-state index in [9.17, 15) is 0 Å². The summed E-state index contributed by atoms with van der Waals surface area (Å²) in [7, 11) is 0. The average Bonchev–Trinajstić information content (AvgIpc) is 2.80. The molecule has 1 aromatic heterocycles. The van der Waals surface area contributed by atoms with Gasteiger partial charge in [-0.3, -0.25) is 4.90 Å². The van der Waals surface area contributed by atoms with E-state index in [1.54, 1.807) is 0 Å². The van der Waals surface area contributed by atoms with Crippen molar-refractivity contribution >= 4 is 0 Å². The Hall–Kier alpha value is -0.940. The summed E-state index contributed by atoms with van der Waals surface area (Å²) in [5, 5.41) is 4.53. The van der Waals surface area contributed by atoms with Crippen molar-refractivity contribution < 1.29 is 4.74 Å². The number of aryl methyl sites for hydroxylation is 2. The second-order valence-electron chi connectivity index (χ2n) is 6.52. The Kier molecular flexibility index (Phi) is 4.91. The Labute approximate surface area is 127 Å². The van der Waals surface area contributed by atoms with Gasteiger partial charge in [-0.05, 0) is 52.5 Å². The molecule has 118 valence electrons. The van der Waals surface area contributed by atoms with Crippen LogP contribution < -0.4 is 0 Å². The van der Waals surface area contributed by atoms with Crippen LogP contribution in [0.4, 0.5) is 0 Å². The highest BCUT2D eigenvalue weighted by atomic mass is 16.5. The molecule has 0 amide bonds. The summed E-state index contributed by atoms with van der Waals surface area (Å²) in [5.74, 6) is 1.91. The van der Waals surface area contributed by atoms with Crippen molar-refractivity contribution in [1.29, 1.82) is 0 Å². The van der Waals surface area contributed by atoms with Gasteiger partial charge < -0.3 is 4.74 Å². The highest BCUT2D eigenvalue weighted by Crippen LogP contribution is 2.22. The van der Waals surface area contributed by atoms with Gasteiger partial charge in [-0.25, -0.2) is 9.67 Å². The zero-order chi connectivity index (χ0) is 14.7. The second-order valence-corrected chi connectivity index (χ2v) is 6.52. The zero-order valence-electron chi connectivity index (χ0n) is 13.4. The maximum atomic E-state index is 5.93. The molecule has 0 aliphatic carbocycles. The van der Waals surface area contributed by atoms with Crippen LogP contribution in [0.5, 0.6) is 0 Å². The monoisotopic (exact) mass is 292 g/mol. The molecule has 21 heavy (non-hydrogen) atoms. The fourth-order valence-electron chi connectivity index (χ4n) is 3.65. The van der Waals surface area contributed by atoms with Crippen LogP contribution >= 0.6 is 0 Å². The molecule has 2 fully saturated rings. The predicted molar refractivity (Wildman–Crippen MR) is 82.3 cm³/mol. The molecule has 5 heteroatoms. The van der Waals surface area contributed by atoms with Gasteiger partial charge in [-0.2, -0.15) is 5.10 Å². The number of hydrogen-bond acceptors (Lipinski definition) is 4. The maximum Gasteiger partial charge on any atom is 0.147 e. The van der Waals surface area contributed by atoms with Gasteiger partial charge in [0.1, 0.15) is 11.6 Å². The van der Waals surface area contributed by atoms with E-state index in [4.69, 9.17) is 4.74 Å². The fourth-order valence-corrected chi connectivity index (χ4v) is 3.65. The lowest BCUT2D eigenvalue weighted by atomic mass is 10.00. The number of nitrogens with zero attached hydrogens (tertiary/aromatic N) is 4. The molecule has 0 spiro atoms. The van der Waals surface area contributed by atoms with Crippen molar-refractivity contribution in [2.75, 3.05) is 19.7 Å². The number of piperidine rings is 1. The first-order chi connectivity index (χ1) is 10.2. The van der Waals surface area contributed by atoms with E-state index in [2.05, 4.69) is 26.6 Å². The summed E-state index contributed by atoms with van der Waals surface area (Å²) in [6.45, 7) is 8.24. The summed E-state index contributed by atoms with van der Waals surface area (Å²) in [6, 6.07) is 0.587. The van der Waals surface area contributed by atoms with E-state index in [-0.39, 0.29) is 0 Å². The van der Waals surface area contributed by atoms with Crippen LogP contribution in [-0.2, 0) is 11.3 Å². The number of rotatable bonds is 4. The summed E-state index contributed by atoms with van der Waals surface area (Å²) < 4.78 is 8.01. The molecule has 2 saturated heterocycles. The van der Waals surface area contributed by atoms with Gasteiger partial charge in [-0.1, -0.05) is 6.42 Å². The molecular formula is C16H28N4O. The number of likely N-dealkylation sites (tertiary alicyclic amines) is 1. The van der Waals surface area contributed by atoms with Gasteiger partial charge in [-0.15, -0.1) is 0 Å². The lowest BCUT2D eigenvalue weighted by Crippen LogP contribution is -2.47. The van der Waals surface area contributed by atoms with Crippen LogP contribution in [-0.4, -0.2) is 51.5 Å². The fraction of sp³-hybridized carbons (Fsp3) is 0.875. The SMILES string of the molecule is Cc1nc(C)n(C[C@H]2CCCCN2C[C@H]2CCCCO2)n1. The normalized spacial score (nSPS) is 27.9. The first kappa shape index (κ1) is 15.0. The van der Waals surface area contributed by atoms with Crippen molar-refractivity contribution in [3.8, 4) is 0 Å². The molecule has 0 saturated carbocycles. The third kappa shape index (κ3) is 3.83. The minimum atomic E-state index is 0.443. The van der Waals surface area contributed by atoms with Crippen LogP contribution in [0.15, 0.2) is 0 Å². The Morgan fingerprint density at radius 1 is 1.10 bits per heavy atom. The van der Waals surface area contributed by atoms with Crippen LogP contribution in [0.3, 0.4) is 0 Å². The maximum absolute atomic E-state index is 5.93. The van der Waals surface area contributed by atoms with Crippen molar-refractivity contribution in [2.45, 2.75) is 71.1 Å². The van der Waals surface area contributed by atoms with Gasteiger partial charge in [0.25, 0.3) is 0 Å². The highest BCUT2D eigenvalue weighted by molar-refractivity contribution is 4.90. The topological polar surface area (TPSA) is 43.2 Å². The van der Waals surface area contributed by atoms with Crippen molar-refractivity contribution in [3.63, 3.8) is 0 Å². The van der Waals surface area contributed by atoms with Crippen LogP contribution in [0.25, 0.3) is 0 Å². The summed E-state index contributed by atoms with van der Waals surface area (Å²) in [4.78, 5) is 7.06. The zero-order valence-corrected chi connectivity index (χ0v) is 13.4.